The highest BCUT2D eigenvalue weighted by Gasteiger charge is 2.27. The van der Waals surface area contributed by atoms with Crippen LogP contribution in [0, 0.1) is 17.2 Å². The van der Waals surface area contributed by atoms with E-state index in [1.165, 1.54) is 4.31 Å². The summed E-state index contributed by atoms with van der Waals surface area (Å²) in [6, 6.07) is 1.73. The van der Waals surface area contributed by atoms with Crippen molar-refractivity contribution < 1.29 is 8.42 Å². The fourth-order valence-corrected chi connectivity index (χ4v) is 3.40. The summed E-state index contributed by atoms with van der Waals surface area (Å²) in [5, 5.41) is 8.61. The average molecular weight is 259 g/mol. The van der Waals surface area contributed by atoms with Crippen LogP contribution < -0.4 is 4.72 Å². The van der Waals surface area contributed by atoms with Gasteiger partial charge in [-0.3, -0.25) is 0 Å². The first kappa shape index (κ1) is 14.4. The van der Waals surface area contributed by atoms with E-state index in [0.29, 0.717) is 25.4 Å². The quantitative estimate of drug-likeness (QED) is 0.807. The van der Waals surface area contributed by atoms with Crippen LogP contribution >= 0.6 is 0 Å². The van der Waals surface area contributed by atoms with Crippen molar-refractivity contribution in [3.05, 3.63) is 0 Å². The number of rotatable bonds is 5. The van der Waals surface area contributed by atoms with E-state index in [9.17, 15) is 8.42 Å². The molecular formula is C11H21N3O2S. The zero-order chi connectivity index (χ0) is 12.9. The van der Waals surface area contributed by atoms with E-state index in [2.05, 4.69) is 11.6 Å². The van der Waals surface area contributed by atoms with Gasteiger partial charge in [-0.15, -0.1) is 0 Å². The van der Waals surface area contributed by atoms with Gasteiger partial charge in [0.05, 0.1) is 12.5 Å². The molecule has 1 aliphatic heterocycles. The van der Waals surface area contributed by atoms with E-state index >= 15 is 0 Å². The molecule has 0 aromatic carbocycles. The summed E-state index contributed by atoms with van der Waals surface area (Å²) in [6.45, 7) is 5.18. The van der Waals surface area contributed by atoms with Crippen molar-refractivity contribution in [1.82, 2.24) is 9.03 Å². The second-order valence-corrected chi connectivity index (χ2v) is 6.37. The predicted molar refractivity (Wildman–Crippen MR) is 66.3 cm³/mol. The molecule has 98 valence electrons. The summed E-state index contributed by atoms with van der Waals surface area (Å²) in [5.74, 6) is 0.600. The van der Waals surface area contributed by atoms with Crippen LogP contribution in [-0.2, 0) is 10.2 Å². The molecule has 0 saturated carbocycles. The van der Waals surface area contributed by atoms with Crippen LogP contribution in [0.4, 0.5) is 0 Å². The molecule has 1 atom stereocenters. The minimum atomic E-state index is -3.41. The van der Waals surface area contributed by atoms with Crippen molar-refractivity contribution in [2.24, 2.45) is 5.92 Å². The van der Waals surface area contributed by atoms with Crippen LogP contribution in [0.2, 0.25) is 0 Å². The molecule has 1 aliphatic rings. The first-order valence-electron chi connectivity index (χ1n) is 6.14. The van der Waals surface area contributed by atoms with Gasteiger partial charge in [0.2, 0.25) is 0 Å². The van der Waals surface area contributed by atoms with Gasteiger partial charge in [0.15, 0.2) is 0 Å². The summed E-state index contributed by atoms with van der Waals surface area (Å²) in [4.78, 5) is 0. The number of hydrogen-bond acceptors (Lipinski definition) is 3. The Morgan fingerprint density at radius 1 is 1.47 bits per heavy atom. The topological polar surface area (TPSA) is 73.2 Å². The fraction of sp³-hybridized carbons (Fsp3) is 0.909. The average Bonchev–Trinajstić information content (AvgIpc) is 2.28. The molecule has 1 rings (SSSR count). The molecule has 0 radical (unpaired) electrons. The third-order valence-corrected chi connectivity index (χ3v) is 4.90. The molecular weight excluding hydrogens is 238 g/mol. The lowest BCUT2D eigenvalue weighted by Crippen LogP contribution is -2.47. The number of hydrogen-bond donors (Lipinski definition) is 1. The van der Waals surface area contributed by atoms with E-state index in [1.807, 2.05) is 13.0 Å². The van der Waals surface area contributed by atoms with Crippen molar-refractivity contribution in [3.8, 4) is 6.07 Å². The Morgan fingerprint density at radius 3 is 2.53 bits per heavy atom. The third kappa shape index (κ3) is 4.26. The molecule has 0 amide bonds. The zero-order valence-electron chi connectivity index (χ0n) is 10.5. The van der Waals surface area contributed by atoms with Gasteiger partial charge in [-0.1, -0.05) is 13.8 Å². The molecule has 1 saturated heterocycles. The standard InChI is InChI=1S/C11H21N3O2S/c1-3-11(4-7-12)13-17(15,16)14-8-5-10(2)6-9-14/h10-11,13H,3-6,8-9H2,1-2H3. The van der Waals surface area contributed by atoms with E-state index < -0.39 is 10.2 Å². The lowest BCUT2D eigenvalue weighted by molar-refractivity contribution is 0.283. The molecule has 0 bridgehead atoms. The molecule has 0 spiro atoms. The van der Waals surface area contributed by atoms with Gasteiger partial charge in [-0.2, -0.15) is 22.7 Å². The molecule has 1 fully saturated rings. The normalized spacial score (nSPS) is 21.0. The maximum absolute atomic E-state index is 12.0. The smallest absolute Gasteiger partial charge is 0.198 e. The van der Waals surface area contributed by atoms with Gasteiger partial charge in [0.25, 0.3) is 10.2 Å². The molecule has 0 aromatic heterocycles. The zero-order valence-corrected chi connectivity index (χ0v) is 11.3. The maximum atomic E-state index is 12.0. The Morgan fingerprint density at radius 2 is 2.06 bits per heavy atom. The van der Waals surface area contributed by atoms with E-state index in [0.717, 1.165) is 12.8 Å². The van der Waals surface area contributed by atoms with Crippen molar-refractivity contribution in [2.75, 3.05) is 13.1 Å². The summed E-state index contributed by atoms with van der Waals surface area (Å²) in [5.41, 5.74) is 0. The first-order chi connectivity index (χ1) is 7.99. The minimum absolute atomic E-state index is 0.222. The van der Waals surface area contributed by atoms with Gasteiger partial charge in [0, 0.05) is 19.1 Å². The van der Waals surface area contributed by atoms with Gasteiger partial charge in [-0.25, -0.2) is 0 Å². The van der Waals surface area contributed by atoms with Crippen molar-refractivity contribution in [2.45, 2.75) is 45.6 Å². The predicted octanol–water partition coefficient (Wildman–Crippen LogP) is 1.24. The minimum Gasteiger partial charge on any atom is -0.198 e. The maximum Gasteiger partial charge on any atom is 0.279 e. The molecule has 5 nitrogen and oxygen atoms in total. The van der Waals surface area contributed by atoms with Gasteiger partial charge < -0.3 is 0 Å². The number of nitrogens with one attached hydrogen (secondary N) is 1. The Balaban J connectivity index is 2.59. The van der Waals surface area contributed by atoms with Crippen molar-refractivity contribution >= 4 is 10.2 Å². The monoisotopic (exact) mass is 259 g/mol. The van der Waals surface area contributed by atoms with E-state index in [1.54, 1.807) is 0 Å². The lowest BCUT2D eigenvalue weighted by atomic mass is 10.0. The molecule has 1 N–H and O–H groups in total. The number of nitrogens with zero attached hydrogens (tertiary/aromatic N) is 2. The Kier molecular flexibility index (Phi) is 5.37. The van der Waals surface area contributed by atoms with Gasteiger partial charge >= 0.3 is 0 Å². The molecule has 17 heavy (non-hydrogen) atoms. The Hall–Kier alpha value is -0.640. The van der Waals surface area contributed by atoms with Crippen LogP contribution in [-0.4, -0.2) is 31.9 Å². The van der Waals surface area contributed by atoms with Gasteiger partial charge in [-0.05, 0) is 25.2 Å². The summed E-state index contributed by atoms with van der Waals surface area (Å²) < 4.78 is 28.2. The highest BCUT2D eigenvalue weighted by molar-refractivity contribution is 7.87. The van der Waals surface area contributed by atoms with Gasteiger partial charge in [0.1, 0.15) is 0 Å². The number of nitriles is 1. The van der Waals surface area contributed by atoms with Crippen LogP contribution in [0.3, 0.4) is 0 Å². The molecule has 1 heterocycles. The first-order valence-corrected chi connectivity index (χ1v) is 7.58. The summed E-state index contributed by atoms with van der Waals surface area (Å²) in [7, 11) is -3.41. The SMILES string of the molecule is CCC(CC#N)NS(=O)(=O)N1CCC(C)CC1. The van der Waals surface area contributed by atoms with Crippen LogP contribution in [0.15, 0.2) is 0 Å². The van der Waals surface area contributed by atoms with E-state index in [4.69, 9.17) is 5.26 Å². The highest BCUT2D eigenvalue weighted by Crippen LogP contribution is 2.18. The Bertz CT molecular complexity index is 367. The molecule has 1 unspecified atom stereocenters. The summed E-state index contributed by atoms with van der Waals surface area (Å²) in [6.07, 6.45) is 2.68. The third-order valence-electron chi connectivity index (χ3n) is 3.23. The fourth-order valence-electron chi connectivity index (χ4n) is 1.89. The van der Waals surface area contributed by atoms with Crippen molar-refractivity contribution in [3.63, 3.8) is 0 Å². The number of piperidine rings is 1. The molecule has 0 aliphatic carbocycles. The Labute approximate surface area is 104 Å². The second-order valence-electron chi connectivity index (χ2n) is 4.67. The lowest BCUT2D eigenvalue weighted by Gasteiger charge is -2.30. The van der Waals surface area contributed by atoms with E-state index in [-0.39, 0.29) is 12.5 Å². The van der Waals surface area contributed by atoms with Crippen molar-refractivity contribution in [1.29, 1.82) is 5.26 Å². The summed E-state index contributed by atoms with van der Waals surface area (Å²) >= 11 is 0. The second kappa shape index (κ2) is 6.34. The van der Waals surface area contributed by atoms with Crippen LogP contribution in [0.25, 0.3) is 0 Å². The molecule has 6 heteroatoms. The van der Waals surface area contributed by atoms with Crippen LogP contribution in [0.5, 0.6) is 0 Å². The molecule has 0 aromatic rings. The van der Waals surface area contributed by atoms with Crippen LogP contribution in [0.1, 0.15) is 39.5 Å². The highest BCUT2D eigenvalue weighted by atomic mass is 32.2. The largest absolute Gasteiger partial charge is 0.279 e.